The van der Waals surface area contributed by atoms with E-state index in [1.165, 1.54) is 0 Å². The maximum atomic E-state index is 6.28. The van der Waals surface area contributed by atoms with Crippen molar-refractivity contribution in [2.24, 2.45) is 12.0 Å². The highest BCUT2D eigenvalue weighted by atomic mass is 127. The van der Waals surface area contributed by atoms with Crippen LogP contribution in [0.3, 0.4) is 0 Å². The summed E-state index contributed by atoms with van der Waals surface area (Å²) in [4.78, 5) is 4.60. The molecule has 2 saturated heterocycles. The second-order valence-electron chi connectivity index (χ2n) is 5.95. The van der Waals surface area contributed by atoms with E-state index in [4.69, 9.17) is 21.1 Å². The highest BCUT2D eigenvalue weighted by molar-refractivity contribution is 14.1. The number of anilines is 1. The van der Waals surface area contributed by atoms with Gasteiger partial charge in [-0.25, -0.2) is 4.99 Å². The number of amidine groups is 1. The molecule has 10 heteroatoms. The first-order chi connectivity index (χ1) is 11.6. The molecule has 0 spiro atoms. The predicted molar refractivity (Wildman–Crippen MR) is 99.3 cm³/mol. The standard InChI is InChI=1S/C14H18ClIN6O2/c1-22-4-7(2-18-22)19-14-17-3-8(15)13(21-14)20-10-6-24-11-9(16)5-23-12(10)11/h2-4,9-12,14,17,19H,5-6H2,1H3,(H,20,21)/t9-,10-,11?,12?,14?/m1/s1. The molecule has 3 aliphatic rings. The molecule has 1 aromatic heterocycles. The molecule has 0 aliphatic carbocycles. The number of nitrogens with zero attached hydrogens (tertiary/aromatic N) is 3. The zero-order valence-electron chi connectivity index (χ0n) is 12.9. The van der Waals surface area contributed by atoms with E-state index in [-0.39, 0.29) is 24.5 Å². The third-order valence-corrected chi connectivity index (χ3v) is 5.53. The fourth-order valence-corrected chi connectivity index (χ4v) is 4.02. The fraction of sp³-hybridized carbons (Fsp3) is 0.571. The van der Waals surface area contributed by atoms with Gasteiger partial charge in [0, 0.05) is 19.4 Å². The predicted octanol–water partition coefficient (Wildman–Crippen LogP) is 0.757. The van der Waals surface area contributed by atoms with Gasteiger partial charge in [-0.05, 0) is 0 Å². The minimum atomic E-state index is -0.320. The molecule has 2 fully saturated rings. The molecule has 0 saturated carbocycles. The molecular formula is C14H18ClIN6O2. The van der Waals surface area contributed by atoms with E-state index in [0.29, 0.717) is 21.4 Å². The van der Waals surface area contributed by atoms with Crippen LogP contribution in [0, 0.1) is 0 Å². The second kappa shape index (κ2) is 6.70. The summed E-state index contributed by atoms with van der Waals surface area (Å²) >= 11 is 8.66. The number of nitrogens with one attached hydrogen (secondary N) is 3. The van der Waals surface area contributed by atoms with E-state index in [2.05, 4.69) is 48.6 Å². The van der Waals surface area contributed by atoms with Gasteiger partial charge in [-0.2, -0.15) is 5.10 Å². The molecule has 0 amide bonds. The SMILES string of the molecule is Cn1cc(NC2N=C(N[C@@H]3COC4C3OC[C@H]4I)C(Cl)=CN2)cn1. The zero-order valence-corrected chi connectivity index (χ0v) is 15.9. The Balaban J connectivity index is 1.44. The van der Waals surface area contributed by atoms with Crippen LogP contribution in [0.4, 0.5) is 5.69 Å². The Kier molecular flexibility index (Phi) is 4.58. The Bertz CT molecular complexity index is 680. The largest absolute Gasteiger partial charge is 0.372 e. The van der Waals surface area contributed by atoms with Gasteiger partial charge in [0.05, 0.1) is 46.2 Å². The highest BCUT2D eigenvalue weighted by Gasteiger charge is 2.47. The van der Waals surface area contributed by atoms with E-state index < -0.39 is 0 Å². The van der Waals surface area contributed by atoms with Gasteiger partial charge in [0.25, 0.3) is 0 Å². The molecule has 130 valence electrons. The summed E-state index contributed by atoms with van der Waals surface area (Å²) in [6.07, 6.45) is 5.21. The molecule has 8 nitrogen and oxygen atoms in total. The molecule has 3 unspecified atom stereocenters. The third kappa shape index (κ3) is 3.22. The number of ether oxygens (including phenoxy) is 2. The van der Waals surface area contributed by atoms with Crippen molar-refractivity contribution in [1.29, 1.82) is 0 Å². The normalized spacial score (nSPS) is 35.0. The van der Waals surface area contributed by atoms with Crippen LogP contribution in [0.25, 0.3) is 0 Å². The number of hydrogen-bond acceptors (Lipinski definition) is 7. The van der Waals surface area contributed by atoms with Crippen molar-refractivity contribution in [3.8, 4) is 0 Å². The quantitative estimate of drug-likeness (QED) is 0.452. The molecule has 0 bridgehead atoms. The smallest absolute Gasteiger partial charge is 0.196 e. The first-order valence-electron chi connectivity index (χ1n) is 7.69. The number of alkyl halides is 1. The van der Waals surface area contributed by atoms with Gasteiger partial charge in [0.2, 0.25) is 0 Å². The first kappa shape index (κ1) is 16.4. The summed E-state index contributed by atoms with van der Waals surface area (Å²) in [6, 6.07) is 0.0489. The minimum Gasteiger partial charge on any atom is -0.372 e. The van der Waals surface area contributed by atoms with Crippen molar-refractivity contribution in [3.05, 3.63) is 23.6 Å². The molecular weight excluding hydrogens is 447 g/mol. The Morgan fingerprint density at radius 2 is 2.17 bits per heavy atom. The molecule has 5 atom stereocenters. The summed E-state index contributed by atoms with van der Waals surface area (Å²) in [7, 11) is 1.87. The van der Waals surface area contributed by atoms with Crippen molar-refractivity contribution in [2.75, 3.05) is 18.5 Å². The van der Waals surface area contributed by atoms with Gasteiger partial charge in [-0.15, -0.1) is 0 Å². The molecule has 24 heavy (non-hydrogen) atoms. The highest BCUT2D eigenvalue weighted by Crippen LogP contribution is 2.31. The van der Waals surface area contributed by atoms with Gasteiger partial charge in [0.15, 0.2) is 6.29 Å². The molecule has 4 rings (SSSR count). The van der Waals surface area contributed by atoms with Crippen LogP contribution in [-0.2, 0) is 16.5 Å². The maximum Gasteiger partial charge on any atom is 0.196 e. The van der Waals surface area contributed by atoms with Crippen LogP contribution in [0.1, 0.15) is 0 Å². The maximum absolute atomic E-state index is 6.28. The first-order valence-corrected chi connectivity index (χ1v) is 9.31. The van der Waals surface area contributed by atoms with Crippen LogP contribution < -0.4 is 16.0 Å². The number of aryl methyl sites for hydroxylation is 1. The van der Waals surface area contributed by atoms with Crippen LogP contribution in [0.15, 0.2) is 28.6 Å². The van der Waals surface area contributed by atoms with Crippen LogP contribution >= 0.6 is 34.2 Å². The Labute approximate surface area is 158 Å². The molecule has 0 radical (unpaired) electrons. The number of hydrogen-bond donors (Lipinski definition) is 3. The average molecular weight is 465 g/mol. The van der Waals surface area contributed by atoms with Gasteiger partial charge < -0.3 is 25.4 Å². The van der Waals surface area contributed by atoms with Crippen LogP contribution in [0.5, 0.6) is 0 Å². The number of aliphatic imine (C=N–C) groups is 1. The molecule has 4 heterocycles. The lowest BCUT2D eigenvalue weighted by Gasteiger charge is -2.25. The van der Waals surface area contributed by atoms with Gasteiger partial charge >= 0.3 is 0 Å². The topological polar surface area (TPSA) is 84.7 Å². The van der Waals surface area contributed by atoms with Gasteiger partial charge in [-0.1, -0.05) is 34.2 Å². The van der Waals surface area contributed by atoms with E-state index in [1.54, 1.807) is 17.1 Å². The van der Waals surface area contributed by atoms with E-state index in [9.17, 15) is 0 Å². The van der Waals surface area contributed by atoms with E-state index in [0.717, 1.165) is 12.3 Å². The second-order valence-corrected chi connectivity index (χ2v) is 7.96. The summed E-state index contributed by atoms with van der Waals surface area (Å²) in [5, 5.41) is 14.4. The zero-order chi connectivity index (χ0) is 16.7. The van der Waals surface area contributed by atoms with Crippen molar-refractivity contribution in [2.45, 2.75) is 28.5 Å². The lowest BCUT2D eigenvalue weighted by molar-refractivity contribution is 0.0704. The third-order valence-electron chi connectivity index (χ3n) is 4.18. The number of halogens is 2. The van der Waals surface area contributed by atoms with Crippen LogP contribution in [-0.4, -0.2) is 57.3 Å². The van der Waals surface area contributed by atoms with E-state index in [1.807, 2.05) is 13.2 Å². The van der Waals surface area contributed by atoms with Crippen molar-refractivity contribution in [1.82, 2.24) is 20.4 Å². The minimum absolute atomic E-state index is 0.0404. The van der Waals surface area contributed by atoms with Crippen LogP contribution in [0.2, 0.25) is 0 Å². The van der Waals surface area contributed by atoms with Gasteiger partial charge in [-0.3, -0.25) is 4.68 Å². The monoisotopic (exact) mass is 464 g/mol. The Hall–Kier alpha value is -1.04. The van der Waals surface area contributed by atoms with Crippen molar-refractivity contribution in [3.63, 3.8) is 0 Å². The lowest BCUT2D eigenvalue weighted by atomic mass is 10.1. The number of fused-ring (bicyclic) bond motifs is 1. The lowest BCUT2D eigenvalue weighted by Crippen LogP contribution is -2.47. The Morgan fingerprint density at radius 1 is 1.33 bits per heavy atom. The Morgan fingerprint density at radius 3 is 2.96 bits per heavy atom. The summed E-state index contributed by atoms with van der Waals surface area (Å²) < 4.78 is 13.8. The molecule has 1 aromatic rings. The summed E-state index contributed by atoms with van der Waals surface area (Å²) in [5.74, 6) is 0.631. The van der Waals surface area contributed by atoms with E-state index >= 15 is 0 Å². The number of aromatic nitrogens is 2. The van der Waals surface area contributed by atoms with Crippen molar-refractivity contribution >= 4 is 45.7 Å². The van der Waals surface area contributed by atoms with Gasteiger partial charge in [0.1, 0.15) is 11.9 Å². The molecule has 0 aromatic carbocycles. The molecule has 3 N–H and O–H groups in total. The van der Waals surface area contributed by atoms with Crippen molar-refractivity contribution < 1.29 is 9.47 Å². The summed E-state index contributed by atoms with van der Waals surface area (Å²) in [5.41, 5.74) is 0.876. The summed E-state index contributed by atoms with van der Waals surface area (Å²) in [6.45, 7) is 1.31. The fourth-order valence-electron chi connectivity index (χ4n) is 3.03. The molecule has 3 aliphatic heterocycles. The number of rotatable bonds is 3. The average Bonchev–Trinajstić information content (AvgIpc) is 3.23.